The van der Waals surface area contributed by atoms with E-state index in [1.807, 2.05) is 16.7 Å². The summed E-state index contributed by atoms with van der Waals surface area (Å²) in [5, 5.41) is 11.9. The molecule has 3 N–H and O–H groups in total. The SMILES string of the molecule is NC(=O)c1c(NC(=O)CSc2nncn2Cc2ccco2)sc2c1CCC2. The van der Waals surface area contributed by atoms with Gasteiger partial charge in [0.25, 0.3) is 5.91 Å². The zero-order valence-electron chi connectivity index (χ0n) is 14.3. The molecule has 3 heterocycles. The molecule has 140 valence electrons. The van der Waals surface area contributed by atoms with E-state index in [1.54, 1.807) is 12.6 Å². The first-order valence-electron chi connectivity index (χ1n) is 8.39. The number of primary amides is 1. The lowest BCUT2D eigenvalue weighted by Crippen LogP contribution is -2.19. The number of fused-ring (bicyclic) bond motifs is 1. The minimum atomic E-state index is -0.490. The van der Waals surface area contributed by atoms with Gasteiger partial charge in [0.15, 0.2) is 5.16 Å². The molecule has 0 atom stereocenters. The van der Waals surface area contributed by atoms with Crippen LogP contribution in [-0.4, -0.2) is 32.3 Å². The number of anilines is 1. The van der Waals surface area contributed by atoms with Crippen LogP contribution in [0.1, 0.15) is 33.0 Å². The molecule has 8 nitrogen and oxygen atoms in total. The number of hydrogen-bond acceptors (Lipinski definition) is 7. The number of hydrogen-bond donors (Lipinski definition) is 2. The Morgan fingerprint density at radius 3 is 3.07 bits per heavy atom. The fourth-order valence-electron chi connectivity index (χ4n) is 3.08. The number of aromatic nitrogens is 3. The van der Waals surface area contributed by atoms with Gasteiger partial charge in [0.05, 0.1) is 24.1 Å². The number of furan rings is 1. The number of carbonyl (C=O) groups is 2. The second kappa shape index (κ2) is 7.57. The zero-order chi connectivity index (χ0) is 18.8. The number of thiophene rings is 1. The summed E-state index contributed by atoms with van der Waals surface area (Å²) in [6.07, 6.45) is 5.99. The minimum Gasteiger partial charge on any atom is -0.467 e. The summed E-state index contributed by atoms with van der Waals surface area (Å²) in [5.74, 6) is 0.225. The molecule has 2 amide bonds. The van der Waals surface area contributed by atoms with E-state index in [4.69, 9.17) is 10.2 Å². The van der Waals surface area contributed by atoms with Crippen LogP contribution in [0.3, 0.4) is 0 Å². The van der Waals surface area contributed by atoms with Gasteiger partial charge in [0.1, 0.15) is 17.1 Å². The third kappa shape index (κ3) is 3.76. The van der Waals surface area contributed by atoms with Crippen LogP contribution in [0.15, 0.2) is 34.3 Å². The third-order valence-electron chi connectivity index (χ3n) is 4.24. The molecule has 27 heavy (non-hydrogen) atoms. The standard InChI is InChI=1S/C17H17N5O3S2/c18-15(24)14-11-4-1-5-12(11)27-16(14)20-13(23)8-26-17-21-19-9-22(17)7-10-3-2-6-25-10/h2-3,6,9H,1,4-5,7-8H2,(H2,18,24)(H,20,23). The van der Waals surface area contributed by atoms with Crippen molar-refractivity contribution in [3.05, 3.63) is 46.5 Å². The van der Waals surface area contributed by atoms with E-state index in [1.165, 1.54) is 23.1 Å². The van der Waals surface area contributed by atoms with Crippen LogP contribution < -0.4 is 11.1 Å². The maximum atomic E-state index is 12.4. The smallest absolute Gasteiger partial charge is 0.251 e. The highest BCUT2D eigenvalue weighted by Crippen LogP contribution is 2.38. The Kier molecular flexibility index (Phi) is 4.99. The van der Waals surface area contributed by atoms with Gasteiger partial charge in [-0.25, -0.2) is 0 Å². The largest absolute Gasteiger partial charge is 0.467 e. The molecular weight excluding hydrogens is 386 g/mol. The van der Waals surface area contributed by atoms with Crippen molar-refractivity contribution >= 4 is 39.9 Å². The summed E-state index contributed by atoms with van der Waals surface area (Å²) in [5.41, 5.74) is 6.98. The van der Waals surface area contributed by atoms with E-state index in [2.05, 4.69) is 15.5 Å². The van der Waals surface area contributed by atoms with Gasteiger partial charge in [-0.05, 0) is 37.0 Å². The monoisotopic (exact) mass is 403 g/mol. The molecule has 0 aliphatic heterocycles. The third-order valence-corrected chi connectivity index (χ3v) is 6.43. The number of nitrogens with zero attached hydrogens (tertiary/aromatic N) is 3. The topological polar surface area (TPSA) is 116 Å². The average Bonchev–Trinajstić information content (AvgIpc) is 3.37. The molecule has 0 saturated heterocycles. The molecule has 0 spiro atoms. The van der Waals surface area contributed by atoms with Crippen molar-refractivity contribution in [2.24, 2.45) is 5.73 Å². The highest BCUT2D eigenvalue weighted by Gasteiger charge is 2.26. The van der Waals surface area contributed by atoms with Crippen LogP contribution in [0.25, 0.3) is 0 Å². The summed E-state index contributed by atoms with van der Waals surface area (Å²) in [6, 6.07) is 3.68. The van der Waals surface area contributed by atoms with Gasteiger partial charge >= 0.3 is 0 Å². The Labute approximate surface area is 163 Å². The molecule has 3 aromatic rings. The summed E-state index contributed by atoms with van der Waals surface area (Å²) in [7, 11) is 0. The number of carbonyl (C=O) groups excluding carboxylic acids is 2. The maximum absolute atomic E-state index is 12.4. The van der Waals surface area contributed by atoms with Gasteiger partial charge in [0, 0.05) is 4.88 Å². The van der Waals surface area contributed by atoms with Crippen LogP contribution in [0.4, 0.5) is 5.00 Å². The Balaban J connectivity index is 1.40. The van der Waals surface area contributed by atoms with Crippen molar-refractivity contribution in [3.8, 4) is 0 Å². The van der Waals surface area contributed by atoms with Crippen molar-refractivity contribution in [2.45, 2.75) is 31.0 Å². The molecule has 1 aliphatic rings. The second-order valence-electron chi connectivity index (χ2n) is 6.08. The second-order valence-corrected chi connectivity index (χ2v) is 8.13. The first-order valence-corrected chi connectivity index (χ1v) is 10.2. The van der Waals surface area contributed by atoms with Gasteiger partial charge in [-0.3, -0.25) is 9.59 Å². The van der Waals surface area contributed by atoms with Crippen molar-refractivity contribution in [3.63, 3.8) is 0 Å². The molecule has 3 aromatic heterocycles. The van der Waals surface area contributed by atoms with E-state index >= 15 is 0 Å². The lowest BCUT2D eigenvalue weighted by Gasteiger charge is -2.06. The first kappa shape index (κ1) is 17.8. The van der Waals surface area contributed by atoms with Gasteiger partial charge in [-0.1, -0.05) is 11.8 Å². The quantitative estimate of drug-likeness (QED) is 0.585. The van der Waals surface area contributed by atoms with E-state index in [9.17, 15) is 9.59 Å². The lowest BCUT2D eigenvalue weighted by molar-refractivity contribution is -0.113. The molecule has 0 unspecified atom stereocenters. The van der Waals surface area contributed by atoms with E-state index < -0.39 is 5.91 Å². The number of rotatable bonds is 7. The summed E-state index contributed by atoms with van der Waals surface area (Å²) >= 11 is 2.72. The number of thioether (sulfide) groups is 1. The predicted octanol–water partition coefficient (Wildman–Crippen LogP) is 2.30. The van der Waals surface area contributed by atoms with E-state index in [-0.39, 0.29) is 11.7 Å². The first-order chi connectivity index (χ1) is 13.1. The average molecular weight is 403 g/mol. The zero-order valence-corrected chi connectivity index (χ0v) is 15.9. The summed E-state index contributed by atoms with van der Waals surface area (Å²) < 4.78 is 7.14. The predicted molar refractivity (Wildman–Crippen MR) is 102 cm³/mol. The molecule has 10 heteroatoms. The lowest BCUT2D eigenvalue weighted by atomic mass is 10.1. The van der Waals surface area contributed by atoms with Crippen molar-refractivity contribution < 1.29 is 14.0 Å². The Morgan fingerprint density at radius 2 is 2.30 bits per heavy atom. The number of amides is 2. The number of aryl methyl sites for hydroxylation is 1. The van der Waals surface area contributed by atoms with Crippen LogP contribution in [0.2, 0.25) is 0 Å². The summed E-state index contributed by atoms with van der Waals surface area (Å²) in [4.78, 5) is 25.3. The van der Waals surface area contributed by atoms with Crippen LogP contribution in [-0.2, 0) is 24.2 Å². The molecular formula is C17H17N5O3S2. The fourth-order valence-corrected chi connectivity index (χ4v) is 5.11. The van der Waals surface area contributed by atoms with Gasteiger partial charge in [0.2, 0.25) is 5.91 Å². The molecule has 0 aromatic carbocycles. The highest BCUT2D eigenvalue weighted by atomic mass is 32.2. The molecule has 4 rings (SSSR count). The van der Waals surface area contributed by atoms with E-state index in [0.717, 1.165) is 35.5 Å². The Bertz CT molecular complexity index is 977. The van der Waals surface area contributed by atoms with Crippen LogP contribution in [0.5, 0.6) is 0 Å². The van der Waals surface area contributed by atoms with Crippen molar-refractivity contribution in [1.29, 1.82) is 0 Å². The van der Waals surface area contributed by atoms with E-state index in [0.29, 0.717) is 22.3 Å². The highest BCUT2D eigenvalue weighted by molar-refractivity contribution is 7.99. The summed E-state index contributed by atoms with van der Waals surface area (Å²) in [6.45, 7) is 0.493. The minimum absolute atomic E-state index is 0.150. The molecule has 1 aliphatic carbocycles. The number of nitrogens with one attached hydrogen (secondary N) is 1. The molecule has 0 saturated carbocycles. The normalized spacial score (nSPS) is 12.9. The maximum Gasteiger partial charge on any atom is 0.251 e. The van der Waals surface area contributed by atoms with Crippen molar-refractivity contribution in [2.75, 3.05) is 11.1 Å². The van der Waals surface area contributed by atoms with Crippen molar-refractivity contribution in [1.82, 2.24) is 14.8 Å². The molecule has 0 fully saturated rings. The van der Waals surface area contributed by atoms with Crippen LogP contribution in [0, 0.1) is 0 Å². The number of nitrogens with two attached hydrogens (primary N) is 1. The van der Waals surface area contributed by atoms with Gasteiger partial charge in [-0.2, -0.15) is 0 Å². The van der Waals surface area contributed by atoms with Gasteiger partial charge < -0.3 is 20.0 Å². The molecule has 0 radical (unpaired) electrons. The van der Waals surface area contributed by atoms with Crippen LogP contribution >= 0.6 is 23.1 Å². The Morgan fingerprint density at radius 1 is 1.41 bits per heavy atom. The molecule has 0 bridgehead atoms. The van der Waals surface area contributed by atoms with Gasteiger partial charge in [-0.15, -0.1) is 21.5 Å². The Hall–Kier alpha value is -2.59. The fraction of sp³-hybridized carbons (Fsp3) is 0.294.